The van der Waals surface area contributed by atoms with Gasteiger partial charge in [-0.25, -0.2) is 57.7 Å². The van der Waals surface area contributed by atoms with Crippen LogP contribution in [0.5, 0.6) is 0 Å². The van der Waals surface area contributed by atoms with Crippen LogP contribution < -0.4 is 51.1 Å². The molecule has 27 N–H and O–H groups in total. The van der Waals surface area contributed by atoms with E-state index in [9.17, 15) is 97.2 Å². The Bertz CT molecular complexity index is 6460. The summed E-state index contributed by atoms with van der Waals surface area (Å²) >= 11 is 5.18. The number of aromatic amines is 3. The molecule has 70 heteroatoms. The number of nitrogens with zero attached hydrogens (tertiary/aromatic N) is 16. The zero-order valence-corrected chi connectivity index (χ0v) is 74.1. The molecule has 726 valence electrons. The minimum absolute atomic E-state index is 0.00871. The van der Waals surface area contributed by atoms with Crippen LogP contribution in [-0.2, 0) is 117 Å². The normalized spacial score (nSPS) is 37.7. The molecule has 9 fully saturated rings. The molecule has 9 aliphatic rings. The fourth-order valence-electron chi connectivity index (χ4n) is 16.4. The van der Waals surface area contributed by atoms with Crippen LogP contribution in [0.3, 0.4) is 0 Å². The second-order valence-corrected chi connectivity index (χ2v) is 40.9. The summed E-state index contributed by atoms with van der Waals surface area (Å²) < 4.78 is 172. The van der Waals surface area contributed by atoms with E-state index >= 15 is 0 Å². The average molecular weight is 2030 g/mol. The highest BCUT2D eigenvalue weighted by atomic mass is 32.5. The summed E-state index contributed by atoms with van der Waals surface area (Å²) in [5.74, 6) is -0.772. The van der Waals surface area contributed by atoms with Crippen LogP contribution >= 0.6 is 45.8 Å². The molecule has 0 aliphatic carbocycles. The molecule has 12 aromatic rings. The number of hydrogen-bond donors (Lipinski definition) is 21. The van der Waals surface area contributed by atoms with Gasteiger partial charge in [0.15, 0.2) is 76.6 Å². The summed E-state index contributed by atoms with van der Waals surface area (Å²) in [6, 6.07) is 7.62. The van der Waals surface area contributed by atoms with E-state index < -0.39 is 249 Å². The number of aliphatic hydroxyl groups is 6. The van der Waals surface area contributed by atoms with Gasteiger partial charge in [-0.15, -0.1) is 0 Å². The first-order valence-corrected chi connectivity index (χ1v) is 49.6. The molecule has 0 spiro atoms. The Morgan fingerprint density at radius 2 is 0.615 bits per heavy atom. The first-order chi connectivity index (χ1) is 63.9. The number of rotatable bonds is 6. The van der Waals surface area contributed by atoms with Gasteiger partial charge < -0.3 is 136 Å². The summed E-state index contributed by atoms with van der Waals surface area (Å²) in [5.41, 5.74) is 34.9. The third-order valence-electron chi connectivity index (χ3n) is 22.6. The number of anilines is 6. The van der Waals surface area contributed by atoms with Crippen LogP contribution in [0.15, 0.2) is 101 Å². The lowest BCUT2D eigenvalue weighted by atomic mass is 10.1. The van der Waals surface area contributed by atoms with Crippen molar-refractivity contribution in [2.45, 2.75) is 147 Å². The fraction of sp³-hybridized carbons (Fsp3) is 0.462. The Hall–Kier alpha value is -9.55. The lowest BCUT2D eigenvalue weighted by molar-refractivity contribution is -0.0672. The lowest BCUT2D eigenvalue weighted by Gasteiger charge is -2.27. The van der Waals surface area contributed by atoms with E-state index in [1.54, 1.807) is 12.1 Å². The second kappa shape index (κ2) is 35.7. The summed E-state index contributed by atoms with van der Waals surface area (Å²) in [4.78, 5) is 149. The standard InChI is InChI=1S/C23H27N7O13P2.C21H25N9O13P2.C21H25N9O12P2S/c24-11-1-4-26-18-9(11)2-5-29(18)21-15(32)16-13(41-21)8-39-45(36,37)43-17-14(31)12(7-38-44(34,35)42-16)40-22(17)30-6-3-10-19(30)27-23(25)28-20(10)33;22-7-1-2-24-16-10(7)25-5-29(16)19-13(32)14-9(41-19)4-39-45(36,37)43-15-12(31)8(3-38-44(34,35)42-14)40-20(15)30-6-26-11-17(30)27-21(23)28-18(11)33;22-7-1-2-24-16-10(7)25-5-29(16)19-13(32)14-9(40-19)4-37-43(34,35)41-15-12(31)8(3-38-44(36,45)42-14)39-20(15)30-6-26-11-17(30)27-21(23)28-18(11)33/h1-6,12-17,21-22,31-32H,7-8H2,(H2,24,26)(H,34,35)(H,36,37)(H3,25,27,28,33);1-2,5-6,8-9,12-15,19-20,31-32H,3-4H2,(H2,22,24)(H,34,35)(H,36,37)(H3,23,27,28,33);1-2,5-6,8-9,12-15,19-20,31-32H,3-4H2,(H2,22,24)(H,34,35)(H,36,45)(H3,23,27,28,33)/t12-,13-,14-,15-,16-,17-,21-,22-;8-,9-,12+,13-,14-,15-,19-,20-;8-,9-,12-,13-,14-,15-,19-,20-,44?/m111/s1. The maximum Gasteiger partial charge on any atom is 0.472 e. The predicted molar refractivity (Wildman–Crippen MR) is 448 cm³/mol. The number of hydrogen-bond acceptors (Lipinski definition) is 49. The molecular weight excluding hydrogens is 1960 g/mol. The number of nitrogens with two attached hydrogens (primary N) is 6. The Kier molecular flexibility index (Phi) is 25.0. The second-order valence-electron chi connectivity index (χ2n) is 31.1. The molecule has 30 atom stereocenters. The topological polar surface area (TPSA) is 907 Å². The molecule has 12 aromatic heterocycles. The maximum absolute atomic E-state index is 13.2. The molecule has 63 nitrogen and oxygen atoms in total. The monoisotopic (exact) mass is 2030 g/mol. The minimum Gasteiger partial charge on any atom is -0.398 e. The van der Waals surface area contributed by atoms with E-state index in [1.807, 2.05) is 0 Å². The summed E-state index contributed by atoms with van der Waals surface area (Å²) in [6.07, 6.45) is -24.5. The summed E-state index contributed by atoms with van der Waals surface area (Å²) in [6.45, 7) is -8.76. The highest BCUT2D eigenvalue weighted by Crippen LogP contribution is 2.59. The van der Waals surface area contributed by atoms with Crippen molar-refractivity contribution in [1.29, 1.82) is 0 Å². The average Bonchev–Trinajstić information content (AvgIpc) is 1.63. The Morgan fingerprint density at radius 1 is 0.319 bits per heavy atom. The van der Waals surface area contributed by atoms with Gasteiger partial charge in [-0.05, 0) is 42.1 Å². The van der Waals surface area contributed by atoms with Crippen LogP contribution in [-0.4, -0.2) is 302 Å². The first kappa shape index (κ1) is 94.4. The third kappa shape index (κ3) is 18.2. The highest BCUT2D eigenvalue weighted by molar-refractivity contribution is 8.07. The van der Waals surface area contributed by atoms with E-state index in [1.165, 1.54) is 84.7 Å². The molecule has 0 amide bonds. The van der Waals surface area contributed by atoms with Crippen LogP contribution in [0.2, 0.25) is 0 Å². The maximum atomic E-state index is 13.2. The van der Waals surface area contributed by atoms with Crippen molar-refractivity contribution in [3.8, 4) is 0 Å². The van der Waals surface area contributed by atoms with Gasteiger partial charge >= 0.3 is 45.8 Å². The number of pyridine rings is 3. The van der Waals surface area contributed by atoms with E-state index in [2.05, 4.69) is 64.8 Å². The van der Waals surface area contributed by atoms with Crippen molar-refractivity contribution < 1.29 is 166 Å². The summed E-state index contributed by atoms with van der Waals surface area (Å²) in [7, 11) is -25.3. The number of phosphoric acid groups is 5. The Balaban J connectivity index is 0.000000130. The number of H-pyrrole nitrogens is 3. The molecule has 135 heavy (non-hydrogen) atoms. The van der Waals surface area contributed by atoms with Gasteiger partial charge in [0.25, 0.3) is 16.7 Å². The van der Waals surface area contributed by atoms with E-state index in [0.717, 1.165) is 17.2 Å². The molecular formula is C65H77N25O38P6S. The van der Waals surface area contributed by atoms with Crippen molar-refractivity contribution in [3.05, 3.63) is 118 Å². The number of nitrogen functional groups attached to an aromatic ring is 6. The summed E-state index contributed by atoms with van der Waals surface area (Å²) in [5, 5.41) is 67.3. The molecule has 0 saturated carbocycles. The molecule has 0 radical (unpaired) electrons. The van der Waals surface area contributed by atoms with Gasteiger partial charge in [0, 0.05) is 42.1 Å². The molecule has 21 heterocycles. The Labute approximate surface area is 752 Å². The van der Waals surface area contributed by atoms with E-state index in [0.29, 0.717) is 27.9 Å². The number of imidazole rings is 4. The number of ether oxygens (including phenoxy) is 6. The number of nitrogens with one attached hydrogen (secondary N) is 3. The Morgan fingerprint density at radius 3 is 1.02 bits per heavy atom. The smallest absolute Gasteiger partial charge is 0.398 e. The third-order valence-corrected chi connectivity index (χ3v) is 29.1. The molecule has 0 aromatic carbocycles. The van der Waals surface area contributed by atoms with Crippen LogP contribution in [0.25, 0.3) is 66.7 Å². The quantitative estimate of drug-likeness (QED) is 0.0708. The number of aliphatic hydroxyl groups excluding tert-OH is 6. The molecule has 21 rings (SSSR count). The van der Waals surface area contributed by atoms with E-state index in [-0.39, 0.29) is 73.7 Å². The van der Waals surface area contributed by atoms with Crippen LogP contribution in [0.4, 0.5) is 34.9 Å². The van der Waals surface area contributed by atoms with Gasteiger partial charge in [0.1, 0.15) is 127 Å². The van der Waals surface area contributed by atoms with Crippen molar-refractivity contribution >= 4 is 159 Å². The lowest BCUT2D eigenvalue weighted by Crippen LogP contribution is -2.36. The zero-order chi connectivity index (χ0) is 95.5. The predicted octanol–water partition coefficient (Wildman–Crippen LogP) is -3.88. The molecule has 6 unspecified atom stereocenters. The zero-order valence-electron chi connectivity index (χ0n) is 67.9. The van der Waals surface area contributed by atoms with Gasteiger partial charge in [0.2, 0.25) is 17.8 Å². The van der Waals surface area contributed by atoms with Crippen molar-refractivity contribution in [3.63, 3.8) is 0 Å². The molecule has 9 saturated heterocycles. The van der Waals surface area contributed by atoms with Gasteiger partial charge in [0.05, 0.1) is 81.7 Å². The van der Waals surface area contributed by atoms with Crippen LogP contribution in [0.1, 0.15) is 37.4 Å². The minimum atomic E-state index is -5.11. The SMILES string of the molecule is Nc1nc2c(ccn2[C@@H]2O[C@@H]3COP(=O)(O)O[C@H]4[C@@H](O)[C@H](n5ccc6c(N)ccnc65)O[C@@H]4COP(=O)(O)O[C@@H]2[C@@H]3O)c(=O)[nH]1.Nc1nc2c(ncn2[C@@H]2O[C@@H]3COP(=O)(O)O[C@H]4[C@@H](O)[C@H](n5cnc6c(N)ccnc65)O[C@@H]4COP(=O)(O)O[C@@H]2[C@H]3O)c(=O)[nH]1.Nc1nc2c(ncn2[C@@H]2O[C@@H]3COP(O)(=S)O[C@H]4[C@@H](O)[C@H](n5cnc6c(N)ccnc65)O[C@@H]4COP(=O)(O)O[C@@H]2[C@@H]3O)c(=O)[nH]1. The van der Waals surface area contributed by atoms with Crippen molar-refractivity contribution in [1.82, 2.24) is 92.2 Å². The molecule has 9 aliphatic heterocycles. The van der Waals surface area contributed by atoms with Crippen LogP contribution in [0, 0.1) is 0 Å². The fourth-order valence-corrected chi connectivity index (χ4v) is 22.6. The van der Waals surface area contributed by atoms with Gasteiger partial charge in [-0.3, -0.25) is 97.4 Å². The largest absolute Gasteiger partial charge is 0.472 e. The van der Waals surface area contributed by atoms with Gasteiger partial charge in [-0.2, -0.15) is 15.0 Å². The highest BCUT2D eigenvalue weighted by Gasteiger charge is 2.59. The number of aromatic nitrogens is 19. The first-order valence-electron chi connectivity index (χ1n) is 39.6. The number of phosphoric ester groups is 5. The van der Waals surface area contributed by atoms with Crippen molar-refractivity contribution in [2.75, 3.05) is 74.0 Å². The van der Waals surface area contributed by atoms with E-state index in [4.69, 9.17) is 129 Å². The van der Waals surface area contributed by atoms with Crippen molar-refractivity contribution in [2.24, 2.45) is 0 Å². The molecule has 6 bridgehead atoms. The van der Waals surface area contributed by atoms with Gasteiger partial charge in [-0.1, -0.05) is 0 Å². The number of fused-ring (bicyclic) bond motifs is 15.